The Morgan fingerprint density at radius 3 is 2.50 bits per heavy atom. The lowest BCUT2D eigenvalue weighted by atomic mass is 10.1. The van der Waals surface area contributed by atoms with Crippen molar-refractivity contribution < 1.29 is 14.3 Å². The van der Waals surface area contributed by atoms with Crippen molar-refractivity contribution in [2.45, 2.75) is 25.9 Å². The molecule has 26 heavy (non-hydrogen) atoms. The molecular weight excluding hydrogens is 396 g/mol. The third kappa shape index (κ3) is 5.02. The molecule has 0 radical (unpaired) electrons. The van der Waals surface area contributed by atoms with Crippen molar-refractivity contribution in [3.63, 3.8) is 0 Å². The van der Waals surface area contributed by atoms with Gasteiger partial charge in [-0.2, -0.15) is 5.10 Å². The van der Waals surface area contributed by atoms with E-state index in [1.165, 1.54) is 5.01 Å². The van der Waals surface area contributed by atoms with Gasteiger partial charge >= 0.3 is 5.97 Å². The maximum Gasteiger partial charge on any atom is 0.306 e. The predicted octanol–water partition coefficient (Wildman–Crippen LogP) is 3.91. The summed E-state index contributed by atoms with van der Waals surface area (Å²) >= 11 is 3.36. The highest BCUT2D eigenvalue weighted by Gasteiger charge is 2.22. The molecule has 2 aromatic carbocycles. The summed E-state index contributed by atoms with van der Waals surface area (Å²) in [5.74, 6) is -0.538. The van der Waals surface area contributed by atoms with Gasteiger partial charge in [0.2, 0.25) is 5.91 Å². The zero-order chi connectivity index (χ0) is 18.4. The van der Waals surface area contributed by atoms with Gasteiger partial charge < -0.3 is 4.74 Å². The van der Waals surface area contributed by atoms with E-state index in [4.69, 9.17) is 4.74 Å². The summed E-state index contributed by atoms with van der Waals surface area (Å²) in [4.78, 5) is 24.1. The second-order valence-corrected chi connectivity index (χ2v) is 6.88. The van der Waals surface area contributed by atoms with Crippen molar-refractivity contribution in [3.05, 3.63) is 70.2 Å². The van der Waals surface area contributed by atoms with E-state index in [1.807, 2.05) is 54.6 Å². The quantitative estimate of drug-likeness (QED) is 0.673. The van der Waals surface area contributed by atoms with Gasteiger partial charge in [0.05, 0.1) is 18.7 Å². The molecule has 0 atom stereocenters. The first kappa shape index (κ1) is 18.3. The highest BCUT2D eigenvalue weighted by molar-refractivity contribution is 9.10. The van der Waals surface area contributed by atoms with E-state index >= 15 is 0 Å². The maximum atomic E-state index is 12.2. The van der Waals surface area contributed by atoms with Gasteiger partial charge in [0, 0.05) is 17.3 Å². The molecule has 5 nitrogen and oxygen atoms in total. The molecule has 1 aliphatic rings. The molecule has 1 aliphatic heterocycles. The first-order valence-corrected chi connectivity index (χ1v) is 9.24. The zero-order valence-electron chi connectivity index (χ0n) is 14.2. The smallest absolute Gasteiger partial charge is 0.306 e. The van der Waals surface area contributed by atoms with E-state index < -0.39 is 0 Å². The summed E-state index contributed by atoms with van der Waals surface area (Å²) in [5, 5.41) is 5.83. The Morgan fingerprint density at radius 2 is 1.77 bits per heavy atom. The van der Waals surface area contributed by atoms with Gasteiger partial charge in [0.25, 0.3) is 0 Å². The van der Waals surface area contributed by atoms with E-state index in [9.17, 15) is 9.59 Å². The van der Waals surface area contributed by atoms with Crippen LogP contribution in [0.4, 0.5) is 0 Å². The van der Waals surface area contributed by atoms with Crippen LogP contribution in [0.2, 0.25) is 0 Å². The van der Waals surface area contributed by atoms with Crippen LogP contribution in [0, 0.1) is 0 Å². The number of ether oxygens (including phenoxy) is 1. The van der Waals surface area contributed by atoms with E-state index in [0.717, 1.165) is 27.7 Å². The number of halogens is 1. The molecule has 0 bridgehead atoms. The van der Waals surface area contributed by atoms with Crippen molar-refractivity contribution >= 4 is 33.5 Å². The normalized spacial score (nSPS) is 13.4. The summed E-state index contributed by atoms with van der Waals surface area (Å²) in [6, 6.07) is 17.3. The highest BCUT2D eigenvalue weighted by atomic mass is 79.9. The van der Waals surface area contributed by atoms with Gasteiger partial charge in [-0.05, 0) is 23.3 Å². The largest absolute Gasteiger partial charge is 0.461 e. The van der Waals surface area contributed by atoms with Gasteiger partial charge in [-0.15, -0.1) is 0 Å². The number of nitrogens with zero attached hydrogens (tertiary/aromatic N) is 2. The lowest BCUT2D eigenvalue weighted by Gasteiger charge is -2.11. The lowest BCUT2D eigenvalue weighted by molar-refractivity contribution is -0.147. The van der Waals surface area contributed by atoms with Crippen LogP contribution in [0.25, 0.3) is 0 Å². The minimum atomic E-state index is -0.382. The molecule has 1 heterocycles. The van der Waals surface area contributed by atoms with E-state index in [1.54, 1.807) is 0 Å². The summed E-state index contributed by atoms with van der Waals surface area (Å²) in [6.45, 7) is 0.761. The second kappa shape index (κ2) is 8.76. The molecule has 0 aromatic heterocycles. The van der Waals surface area contributed by atoms with Crippen molar-refractivity contribution in [2.75, 3.05) is 6.54 Å². The molecule has 134 valence electrons. The van der Waals surface area contributed by atoms with Gasteiger partial charge in [0.1, 0.15) is 6.61 Å². The SMILES string of the molecule is O=C(CCC(=O)N1CCC(c2ccccc2)=N1)OCc1ccc(Br)cc1. The second-order valence-electron chi connectivity index (χ2n) is 5.97. The molecule has 0 unspecified atom stereocenters. The first-order valence-electron chi connectivity index (χ1n) is 8.45. The number of amides is 1. The molecule has 0 spiro atoms. The number of carbonyl (C=O) groups excluding carboxylic acids is 2. The molecule has 0 saturated carbocycles. The number of hydrogen-bond donors (Lipinski definition) is 0. The van der Waals surface area contributed by atoms with Crippen molar-refractivity contribution in [2.24, 2.45) is 5.10 Å². The Hall–Kier alpha value is -2.47. The molecule has 2 aromatic rings. The van der Waals surface area contributed by atoms with Crippen LogP contribution in [-0.4, -0.2) is 29.1 Å². The van der Waals surface area contributed by atoms with E-state index in [2.05, 4.69) is 21.0 Å². The fraction of sp³-hybridized carbons (Fsp3) is 0.250. The number of hydrazone groups is 1. The average molecular weight is 415 g/mol. The molecule has 0 saturated heterocycles. The topological polar surface area (TPSA) is 59.0 Å². The Labute approximate surface area is 160 Å². The van der Waals surface area contributed by atoms with Gasteiger partial charge in [-0.3, -0.25) is 9.59 Å². The number of carbonyl (C=O) groups is 2. The molecule has 0 fully saturated rings. The van der Waals surface area contributed by atoms with E-state index in [-0.39, 0.29) is 31.3 Å². The van der Waals surface area contributed by atoms with Gasteiger partial charge in [-0.1, -0.05) is 58.4 Å². The molecule has 3 rings (SSSR count). The summed E-state index contributed by atoms with van der Waals surface area (Å²) < 4.78 is 6.18. The fourth-order valence-electron chi connectivity index (χ4n) is 2.63. The minimum Gasteiger partial charge on any atom is -0.461 e. The average Bonchev–Trinajstić information content (AvgIpc) is 3.17. The minimum absolute atomic E-state index is 0.0576. The number of benzene rings is 2. The number of esters is 1. The lowest BCUT2D eigenvalue weighted by Crippen LogP contribution is -2.24. The van der Waals surface area contributed by atoms with Crippen LogP contribution in [-0.2, 0) is 20.9 Å². The molecule has 1 amide bonds. The first-order chi connectivity index (χ1) is 12.6. The van der Waals surface area contributed by atoms with E-state index in [0.29, 0.717) is 6.54 Å². The van der Waals surface area contributed by atoms with Crippen LogP contribution >= 0.6 is 15.9 Å². The van der Waals surface area contributed by atoms with Crippen molar-refractivity contribution in [1.29, 1.82) is 0 Å². The van der Waals surface area contributed by atoms with Crippen molar-refractivity contribution in [1.82, 2.24) is 5.01 Å². The number of hydrogen-bond acceptors (Lipinski definition) is 4. The third-order valence-corrected chi connectivity index (χ3v) is 4.58. The highest BCUT2D eigenvalue weighted by Crippen LogP contribution is 2.15. The summed E-state index contributed by atoms with van der Waals surface area (Å²) in [5.41, 5.74) is 2.83. The van der Waals surface area contributed by atoms with Crippen LogP contribution in [0.3, 0.4) is 0 Å². The summed E-state index contributed by atoms with van der Waals surface area (Å²) in [7, 11) is 0. The zero-order valence-corrected chi connectivity index (χ0v) is 15.8. The molecule has 6 heteroatoms. The molecule has 0 N–H and O–H groups in total. The fourth-order valence-corrected chi connectivity index (χ4v) is 2.89. The van der Waals surface area contributed by atoms with Crippen LogP contribution in [0.5, 0.6) is 0 Å². The predicted molar refractivity (Wildman–Crippen MR) is 102 cm³/mol. The van der Waals surface area contributed by atoms with Gasteiger partial charge in [0.15, 0.2) is 0 Å². The Bertz CT molecular complexity index is 804. The Morgan fingerprint density at radius 1 is 1.04 bits per heavy atom. The summed E-state index contributed by atoms with van der Waals surface area (Å²) in [6.07, 6.45) is 0.885. The molecular formula is C20H19BrN2O3. The standard InChI is InChI=1S/C20H19BrN2O3/c21-17-8-6-15(7-9-17)14-26-20(25)11-10-19(24)23-13-12-18(22-23)16-4-2-1-3-5-16/h1-9H,10-14H2. The monoisotopic (exact) mass is 414 g/mol. The maximum absolute atomic E-state index is 12.2. The van der Waals surface area contributed by atoms with Crippen molar-refractivity contribution in [3.8, 4) is 0 Å². The van der Waals surface area contributed by atoms with Crippen LogP contribution in [0.15, 0.2) is 64.2 Å². The van der Waals surface area contributed by atoms with Crippen LogP contribution < -0.4 is 0 Å². The van der Waals surface area contributed by atoms with Crippen LogP contribution in [0.1, 0.15) is 30.4 Å². The molecule has 0 aliphatic carbocycles. The Balaban J connectivity index is 1.44. The van der Waals surface area contributed by atoms with Gasteiger partial charge in [-0.25, -0.2) is 5.01 Å². The Kier molecular flexibility index (Phi) is 6.17. The third-order valence-electron chi connectivity index (χ3n) is 4.05. The number of rotatable bonds is 6.